The molecule has 0 atom stereocenters. The van der Waals surface area contributed by atoms with Gasteiger partial charge in [-0.2, -0.15) is 0 Å². The molecule has 0 spiro atoms. The number of rotatable bonds is 7. The van der Waals surface area contributed by atoms with Crippen molar-refractivity contribution in [3.63, 3.8) is 0 Å². The quantitative estimate of drug-likeness (QED) is 0.794. The minimum Gasteiger partial charge on any atom is -0.484 e. The van der Waals surface area contributed by atoms with Gasteiger partial charge in [-0.1, -0.05) is 30.3 Å². The SMILES string of the molecule is Cc1nc(CCC2CCNCC2)nc(C(=O)O)c1OCc1ccccc1. The lowest BCUT2D eigenvalue weighted by Crippen LogP contribution is -2.28. The molecule has 1 aliphatic heterocycles. The summed E-state index contributed by atoms with van der Waals surface area (Å²) in [5.41, 5.74) is 1.50. The Balaban J connectivity index is 1.71. The van der Waals surface area contributed by atoms with Gasteiger partial charge in [0.05, 0.1) is 5.69 Å². The van der Waals surface area contributed by atoms with E-state index in [2.05, 4.69) is 15.3 Å². The highest BCUT2D eigenvalue weighted by atomic mass is 16.5. The predicted molar refractivity (Wildman–Crippen MR) is 98.4 cm³/mol. The second kappa shape index (κ2) is 8.76. The number of aromatic carboxylic acids is 1. The van der Waals surface area contributed by atoms with Crippen LogP contribution >= 0.6 is 0 Å². The van der Waals surface area contributed by atoms with Crippen molar-refractivity contribution in [1.29, 1.82) is 0 Å². The van der Waals surface area contributed by atoms with Gasteiger partial charge in [-0.3, -0.25) is 0 Å². The molecule has 0 bridgehead atoms. The summed E-state index contributed by atoms with van der Waals surface area (Å²) in [6.07, 6.45) is 4.00. The van der Waals surface area contributed by atoms with Crippen molar-refractivity contribution < 1.29 is 14.6 Å². The maximum atomic E-state index is 11.7. The molecule has 1 fully saturated rings. The summed E-state index contributed by atoms with van der Waals surface area (Å²) in [5.74, 6) is 0.418. The van der Waals surface area contributed by atoms with Gasteiger partial charge in [-0.25, -0.2) is 14.8 Å². The van der Waals surface area contributed by atoms with Gasteiger partial charge in [0.25, 0.3) is 0 Å². The molecule has 2 N–H and O–H groups in total. The van der Waals surface area contributed by atoms with Gasteiger partial charge < -0.3 is 15.2 Å². The highest BCUT2D eigenvalue weighted by Gasteiger charge is 2.20. The van der Waals surface area contributed by atoms with Crippen LogP contribution in [0.5, 0.6) is 5.75 Å². The summed E-state index contributed by atoms with van der Waals surface area (Å²) in [6, 6.07) is 9.64. The lowest BCUT2D eigenvalue weighted by molar-refractivity contribution is 0.0683. The van der Waals surface area contributed by atoms with Crippen LogP contribution in [0.4, 0.5) is 0 Å². The number of aryl methyl sites for hydroxylation is 2. The van der Waals surface area contributed by atoms with Crippen molar-refractivity contribution in [3.05, 3.63) is 53.1 Å². The first-order chi connectivity index (χ1) is 12.6. The molecule has 2 aromatic rings. The Bertz CT molecular complexity index is 743. The first-order valence-corrected chi connectivity index (χ1v) is 9.11. The fourth-order valence-electron chi connectivity index (χ4n) is 3.28. The van der Waals surface area contributed by atoms with Crippen LogP contribution in [-0.4, -0.2) is 34.1 Å². The third-order valence-electron chi connectivity index (χ3n) is 4.74. The number of nitrogens with zero attached hydrogens (tertiary/aromatic N) is 2. The van der Waals surface area contributed by atoms with E-state index in [1.807, 2.05) is 30.3 Å². The highest BCUT2D eigenvalue weighted by Crippen LogP contribution is 2.24. The van der Waals surface area contributed by atoms with E-state index < -0.39 is 5.97 Å². The molecule has 0 saturated carbocycles. The Morgan fingerprint density at radius 3 is 2.65 bits per heavy atom. The number of ether oxygens (including phenoxy) is 1. The van der Waals surface area contributed by atoms with Crippen LogP contribution in [0.15, 0.2) is 30.3 Å². The molecule has 1 aliphatic rings. The molecule has 0 aliphatic carbocycles. The Labute approximate surface area is 153 Å². The first kappa shape index (κ1) is 18.3. The zero-order valence-electron chi connectivity index (χ0n) is 15.1. The number of nitrogens with one attached hydrogen (secondary N) is 1. The largest absolute Gasteiger partial charge is 0.484 e. The number of aromatic nitrogens is 2. The number of hydrogen-bond donors (Lipinski definition) is 2. The van der Waals surface area contributed by atoms with Crippen molar-refractivity contribution in [2.24, 2.45) is 5.92 Å². The van der Waals surface area contributed by atoms with Gasteiger partial charge in [0.2, 0.25) is 0 Å². The van der Waals surface area contributed by atoms with Crippen molar-refractivity contribution in [2.45, 2.75) is 39.2 Å². The molecule has 0 radical (unpaired) electrons. The summed E-state index contributed by atoms with van der Waals surface area (Å²) in [7, 11) is 0. The summed E-state index contributed by atoms with van der Waals surface area (Å²) in [6.45, 7) is 4.18. The molecule has 138 valence electrons. The van der Waals surface area contributed by atoms with Crippen LogP contribution in [0.25, 0.3) is 0 Å². The third-order valence-corrected chi connectivity index (χ3v) is 4.74. The van der Waals surface area contributed by atoms with Crippen LogP contribution in [0.1, 0.15) is 46.8 Å². The van der Waals surface area contributed by atoms with Crippen molar-refractivity contribution in [2.75, 3.05) is 13.1 Å². The van der Waals surface area contributed by atoms with E-state index in [0.717, 1.165) is 37.9 Å². The topological polar surface area (TPSA) is 84.3 Å². The van der Waals surface area contributed by atoms with Crippen LogP contribution in [0.3, 0.4) is 0 Å². The first-order valence-electron chi connectivity index (χ1n) is 9.11. The Morgan fingerprint density at radius 2 is 1.96 bits per heavy atom. The van der Waals surface area contributed by atoms with Gasteiger partial charge in [-0.15, -0.1) is 0 Å². The van der Waals surface area contributed by atoms with Gasteiger partial charge in [0.15, 0.2) is 11.4 Å². The molecule has 0 amide bonds. The average Bonchev–Trinajstić information content (AvgIpc) is 2.66. The van der Waals surface area contributed by atoms with E-state index in [1.54, 1.807) is 6.92 Å². The number of carboxylic acid groups (broad SMARTS) is 1. The summed E-state index contributed by atoms with van der Waals surface area (Å²) in [5, 5.41) is 12.9. The molecular formula is C20H25N3O3. The van der Waals surface area contributed by atoms with Crippen molar-refractivity contribution in [1.82, 2.24) is 15.3 Å². The van der Waals surface area contributed by atoms with E-state index in [0.29, 0.717) is 30.5 Å². The van der Waals surface area contributed by atoms with E-state index in [9.17, 15) is 9.90 Å². The van der Waals surface area contributed by atoms with Crippen molar-refractivity contribution in [3.8, 4) is 5.75 Å². The minimum absolute atomic E-state index is 0.0475. The fraction of sp³-hybridized carbons (Fsp3) is 0.450. The molecule has 1 saturated heterocycles. The highest BCUT2D eigenvalue weighted by molar-refractivity contribution is 5.88. The monoisotopic (exact) mass is 355 g/mol. The molecule has 1 aromatic heterocycles. The standard InChI is InChI=1S/C20H25N3O3/c1-14-19(26-13-16-5-3-2-4-6-16)18(20(24)25)23-17(22-14)8-7-15-9-11-21-12-10-15/h2-6,15,21H,7-13H2,1H3,(H,24,25). The number of benzene rings is 1. The maximum absolute atomic E-state index is 11.7. The normalized spacial score (nSPS) is 15.0. The predicted octanol–water partition coefficient (Wildman–Crippen LogP) is 2.99. The summed E-state index contributed by atoms with van der Waals surface area (Å²) < 4.78 is 5.75. The Kier molecular flexibility index (Phi) is 6.17. The van der Waals surface area contributed by atoms with Crippen LogP contribution in [0, 0.1) is 12.8 Å². The van der Waals surface area contributed by atoms with Gasteiger partial charge in [0, 0.05) is 6.42 Å². The van der Waals surface area contributed by atoms with Gasteiger partial charge in [-0.05, 0) is 50.8 Å². The van der Waals surface area contributed by atoms with E-state index in [-0.39, 0.29) is 11.4 Å². The summed E-state index contributed by atoms with van der Waals surface area (Å²) in [4.78, 5) is 20.4. The van der Waals surface area contributed by atoms with Gasteiger partial charge >= 0.3 is 5.97 Å². The lowest BCUT2D eigenvalue weighted by atomic mass is 9.93. The molecule has 2 heterocycles. The third kappa shape index (κ3) is 4.79. The molecular weight excluding hydrogens is 330 g/mol. The van der Waals surface area contributed by atoms with Crippen LogP contribution in [-0.2, 0) is 13.0 Å². The Hall–Kier alpha value is -2.47. The fourth-order valence-corrected chi connectivity index (χ4v) is 3.28. The van der Waals surface area contributed by atoms with E-state index in [4.69, 9.17) is 4.74 Å². The zero-order chi connectivity index (χ0) is 18.4. The molecule has 1 aromatic carbocycles. The number of carbonyl (C=O) groups is 1. The maximum Gasteiger partial charge on any atom is 0.358 e. The molecule has 0 unspecified atom stereocenters. The molecule has 3 rings (SSSR count). The number of piperidine rings is 1. The second-order valence-corrected chi connectivity index (χ2v) is 6.71. The average molecular weight is 355 g/mol. The molecule has 6 nitrogen and oxygen atoms in total. The molecule has 6 heteroatoms. The van der Waals surface area contributed by atoms with E-state index in [1.165, 1.54) is 0 Å². The lowest BCUT2D eigenvalue weighted by Gasteiger charge is -2.22. The smallest absolute Gasteiger partial charge is 0.358 e. The number of carboxylic acids is 1. The van der Waals surface area contributed by atoms with Crippen molar-refractivity contribution >= 4 is 5.97 Å². The number of hydrogen-bond acceptors (Lipinski definition) is 5. The van der Waals surface area contributed by atoms with E-state index >= 15 is 0 Å². The van der Waals surface area contributed by atoms with Gasteiger partial charge in [0.1, 0.15) is 12.4 Å². The summed E-state index contributed by atoms with van der Waals surface area (Å²) >= 11 is 0. The second-order valence-electron chi connectivity index (χ2n) is 6.71. The zero-order valence-corrected chi connectivity index (χ0v) is 15.1. The minimum atomic E-state index is -1.08. The van der Waals surface area contributed by atoms with Crippen LogP contribution in [0.2, 0.25) is 0 Å². The Morgan fingerprint density at radius 1 is 1.23 bits per heavy atom. The van der Waals surface area contributed by atoms with Crippen LogP contribution < -0.4 is 10.1 Å². The molecule has 26 heavy (non-hydrogen) atoms.